The number of nitrogens with one attached hydrogen (secondary N) is 1. The van der Waals surface area contributed by atoms with E-state index in [1.807, 2.05) is 41.3 Å². The molecule has 6 nitrogen and oxygen atoms in total. The predicted molar refractivity (Wildman–Crippen MR) is 129 cm³/mol. The molecule has 3 heterocycles. The molecule has 2 aliphatic rings. The van der Waals surface area contributed by atoms with Gasteiger partial charge in [-0.2, -0.15) is 0 Å². The van der Waals surface area contributed by atoms with E-state index in [1.165, 1.54) is 0 Å². The first-order valence-electron chi connectivity index (χ1n) is 11.3. The summed E-state index contributed by atoms with van der Waals surface area (Å²) in [4.78, 5) is 21.5. The van der Waals surface area contributed by atoms with Gasteiger partial charge in [0.05, 0.1) is 23.3 Å². The molecule has 4 rings (SSSR count). The number of pyridine rings is 1. The van der Waals surface area contributed by atoms with Crippen molar-refractivity contribution in [1.82, 2.24) is 15.2 Å². The number of piperidine rings is 1. The lowest BCUT2D eigenvalue weighted by Crippen LogP contribution is -2.50. The summed E-state index contributed by atoms with van der Waals surface area (Å²) in [7, 11) is 0. The quantitative estimate of drug-likeness (QED) is 0.587. The molecule has 2 aromatic rings. The molecule has 0 unspecified atom stereocenters. The fourth-order valence-electron chi connectivity index (χ4n) is 4.60. The number of carbonyl (C=O) groups is 1. The van der Waals surface area contributed by atoms with Crippen LogP contribution in [-0.4, -0.2) is 68.3 Å². The van der Waals surface area contributed by atoms with E-state index in [0.29, 0.717) is 28.8 Å². The maximum absolute atomic E-state index is 12.8. The second-order valence-corrected chi connectivity index (χ2v) is 9.35. The van der Waals surface area contributed by atoms with Crippen molar-refractivity contribution in [2.45, 2.75) is 24.7 Å². The largest absolute Gasteiger partial charge is 0.379 e. The molecule has 0 spiro atoms. The fraction of sp³-hybridized carbons (Fsp3) is 0.500. The topological polar surface area (TPSA) is 57.7 Å². The van der Waals surface area contributed by atoms with Crippen molar-refractivity contribution in [2.24, 2.45) is 0 Å². The normalized spacial score (nSPS) is 22.3. The first-order chi connectivity index (χ1) is 15.6. The number of aromatic nitrogens is 1. The van der Waals surface area contributed by atoms with Gasteiger partial charge in [0.1, 0.15) is 5.82 Å². The van der Waals surface area contributed by atoms with Gasteiger partial charge < -0.3 is 10.1 Å². The van der Waals surface area contributed by atoms with E-state index in [-0.39, 0.29) is 11.3 Å². The molecule has 8 heteroatoms. The molecule has 1 N–H and O–H groups in total. The van der Waals surface area contributed by atoms with E-state index in [0.717, 1.165) is 64.3 Å². The molecule has 0 radical (unpaired) electrons. The van der Waals surface area contributed by atoms with Crippen LogP contribution in [0, 0.1) is 0 Å². The van der Waals surface area contributed by atoms with Gasteiger partial charge >= 0.3 is 0 Å². The molecule has 0 aliphatic carbocycles. The number of halogens is 2. The Morgan fingerprint density at radius 2 is 1.94 bits per heavy atom. The van der Waals surface area contributed by atoms with E-state index < -0.39 is 0 Å². The average Bonchev–Trinajstić information content (AvgIpc) is 2.83. The van der Waals surface area contributed by atoms with Crippen molar-refractivity contribution in [1.29, 1.82) is 0 Å². The molecule has 2 fully saturated rings. The molecular weight excluding hydrogens is 447 g/mol. The van der Waals surface area contributed by atoms with Crippen LogP contribution in [-0.2, 0) is 14.9 Å². The van der Waals surface area contributed by atoms with Crippen LogP contribution >= 0.6 is 23.2 Å². The van der Waals surface area contributed by atoms with Crippen molar-refractivity contribution in [2.75, 3.05) is 57.4 Å². The molecule has 0 saturated carbocycles. The van der Waals surface area contributed by atoms with Crippen LogP contribution in [0.25, 0.3) is 0 Å². The molecule has 1 aromatic heterocycles. The summed E-state index contributed by atoms with van der Waals surface area (Å²) in [5, 5.41) is 4.70. The molecule has 0 bridgehead atoms. The van der Waals surface area contributed by atoms with Crippen LogP contribution in [0.3, 0.4) is 0 Å². The standard InChI is InChI=1S/C24H30Cl2N4O2/c25-20-5-4-19(17-21(20)26)24(8-10-27-11-12-29-13-15-32-16-14-29)7-6-23(31)30(18-24)22-3-1-2-9-28-22/h1-5,9,17,27H,6-8,10-16,18H2/t24-/m1/s1. The maximum atomic E-state index is 12.8. The zero-order valence-electron chi connectivity index (χ0n) is 18.2. The van der Waals surface area contributed by atoms with Crippen LogP contribution in [0.1, 0.15) is 24.8 Å². The van der Waals surface area contributed by atoms with Gasteiger partial charge in [-0.1, -0.05) is 35.3 Å². The summed E-state index contributed by atoms with van der Waals surface area (Å²) in [5.74, 6) is 0.807. The summed E-state index contributed by atoms with van der Waals surface area (Å²) in [6, 6.07) is 11.5. The van der Waals surface area contributed by atoms with Crippen LogP contribution < -0.4 is 10.2 Å². The number of ether oxygens (including phenoxy) is 1. The maximum Gasteiger partial charge on any atom is 0.228 e. The number of hydrogen-bond acceptors (Lipinski definition) is 5. The Bertz CT molecular complexity index is 908. The third kappa shape index (κ3) is 5.61. The highest BCUT2D eigenvalue weighted by Gasteiger charge is 2.41. The molecular formula is C24H30Cl2N4O2. The first-order valence-corrected chi connectivity index (χ1v) is 12.0. The molecule has 1 amide bonds. The van der Waals surface area contributed by atoms with Crippen molar-refractivity contribution in [3.8, 4) is 0 Å². The highest BCUT2D eigenvalue weighted by atomic mass is 35.5. The molecule has 2 saturated heterocycles. The monoisotopic (exact) mass is 476 g/mol. The Hall–Kier alpha value is -1.70. The number of anilines is 1. The summed E-state index contributed by atoms with van der Waals surface area (Å²) in [5.41, 5.74) is 0.904. The van der Waals surface area contributed by atoms with Crippen molar-refractivity contribution < 1.29 is 9.53 Å². The minimum Gasteiger partial charge on any atom is -0.379 e. The van der Waals surface area contributed by atoms with E-state index in [2.05, 4.69) is 15.2 Å². The van der Waals surface area contributed by atoms with E-state index >= 15 is 0 Å². The third-order valence-electron chi connectivity index (χ3n) is 6.53. The summed E-state index contributed by atoms with van der Waals surface area (Å²) in [6.45, 7) is 7.00. The number of nitrogens with zero attached hydrogens (tertiary/aromatic N) is 3. The van der Waals surface area contributed by atoms with Crippen LogP contribution in [0.2, 0.25) is 10.0 Å². The zero-order valence-corrected chi connectivity index (χ0v) is 19.7. The Morgan fingerprint density at radius 3 is 2.69 bits per heavy atom. The molecule has 172 valence electrons. The summed E-state index contributed by atoms with van der Waals surface area (Å²) >= 11 is 12.6. The van der Waals surface area contributed by atoms with Crippen molar-refractivity contribution in [3.05, 3.63) is 58.2 Å². The van der Waals surface area contributed by atoms with Crippen LogP contribution in [0.5, 0.6) is 0 Å². The average molecular weight is 477 g/mol. The molecule has 2 aliphatic heterocycles. The Labute approximate surface area is 199 Å². The second kappa shape index (κ2) is 10.9. The van der Waals surface area contributed by atoms with Gasteiger partial charge in [0, 0.05) is 50.8 Å². The third-order valence-corrected chi connectivity index (χ3v) is 7.26. The second-order valence-electron chi connectivity index (χ2n) is 8.53. The van der Waals surface area contributed by atoms with Crippen molar-refractivity contribution >= 4 is 34.9 Å². The first kappa shape index (κ1) is 23.5. The van der Waals surface area contributed by atoms with Gasteiger partial charge in [-0.05, 0) is 49.2 Å². The lowest BCUT2D eigenvalue weighted by Gasteiger charge is -2.43. The SMILES string of the molecule is O=C1CC[C@](CCNCCN2CCOCC2)(c2ccc(Cl)c(Cl)c2)CN1c1ccccn1. The smallest absolute Gasteiger partial charge is 0.228 e. The molecule has 32 heavy (non-hydrogen) atoms. The summed E-state index contributed by atoms with van der Waals surface area (Å²) in [6.07, 6.45) is 3.87. The lowest BCUT2D eigenvalue weighted by atomic mass is 9.71. The van der Waals surface area contributed by atoms with E-state index in [9.17, 15) is 4.79 Å². The van der Waals surface area contributed by atoms with E-state index in [4.69, 9.17) is 27.9 Å². The number of rotatable bonds is 8. The van der Waals surface area contributed by atoms with Gasteiger partial charge in [0.15, 0.2) is 0 Å². The summed E-state index contributed by atoms with van der Waals surface area (Å²) < 4.78 is 5.42. The van der Waals surface area contributed by atoms with Crippen molar-refractivity contribution in [3.63, 3.8) is 0 Å². The highest BCUT2D eigenvalue weighted by molar-refractivity contribution is 6.42. The minimum atomic E-state index is -0.217. The van der Waals surface area contributed by atoms with Crippen LogP contribution in [0.4, 0.5) is 5.82 Å². The fourth-order valence-corrected chi connectivity index (χ4v) is 4.90. The van der Waals surface area contributed by atoms with E-state index in [1.54, 1.807) is 6.20 Å². The van der Waals surface area contributed by atoms with Gasteiger partial charge in [0.25, 0.3) is 0 Å². The number of carbonyl (C=O) groups excluding carboxylic acids is 1. The molecule has 1 atom stereocenters. The predicted octanol–water partition coefficient (Wildman–Crippen LogP) is 3.77. The number of benzene rings is 1. The molecule has 1 aromatic carbocycles. The van der Waals surface area contributed by atoms with Gasteiger partial charge in [0.2, 0.25) is 5.91 Å². The Kier molecular flexibility index (Phi) is 8.02. The number of morpholine rings is 1. The Morgan fingerprint density at radius 1 is 1.09 bits per heavy atom. The Balaban J connectivity index is 1.48. The van der Waals surface area contributed by atoms with Gasteiger partial charge in [-0.3, -0.25) is 14.6 Å². The number of hydrogen-bond donors (Lipinski definition) is 1. The highest BCUT2D eigenvalue weighted by Crippen LogP contribution is 2.40. The van der Waals surface area contributed by atoms with Gasteiger partial charge in [-0.25, -0.2) is 4.98 Å². The zero-order chi connectivity index (χ0) is 22.4. The minimum absolute atomic E-state index is 0.111. The lowest BCUT2D eigenvalue weighted by molar-refractivity contribution is -0.120. The van der Waals surface area contributed by atoms with Crippen LogP contribution in [0.15, 0.2) is 42.6 Å². The number of amides is 1. The van der Waals surface area contributed by atoms with Gasteiger partial charge in [-0.15, -0.1) is 0 Å².